The zero-order valence-corrected chi connectivity index (χ0v) is 22.5. The number of rotatable bonds is 13. The van der Waals surface area contributed by atoms with Crippen molar-refractivity contribution in [3.63, 3.8) is 0 Å². The molecule has 1 atom stereocenters. The quantitative estimate of drug-likeness (QED) is 0.419. The maximum atomic E-state index is 13.4. The van der Waals surface area contributed by atoms with E-state index < -0.39 is 16.1 Å². The van der Waals surface area contributed by atoms with Crippen LogP contribution in [0.2, 0.25) is 5.02 Å². The average molecular weight is 522 g/mol. The minimum Gasteiger partial charge on any atom is -0.354 e. The third-order valence-electron chi connectivity index (χ3n) is 5.74. The van der Waals surface area contributed by atoms with Gasteiger partial charge in [0.15, 0.2) is 0 Å². The molecule has 2 aromatic rings. The van der Waals surface area contributed by atoms with Gasteiger partial charge in [-0.25, -0.2) is 8.42 Å². The van der Waals surface area contributed by atoms with Crippen molar-refractivity contribution in [3.8, 4) is 0 Å². The number of benzene rings is 2. The van der Waals surface area contributed by atoms with Gasteiger partial charge in [0, 0.05) is 31.1 Å². The summed E-state index contributed by atoms with van der Waals surface area (Å²) in [5, 5.41) is 3.49. The van der Waals surface area contributed by atoms with Crippen molar-refractivity contribution in [2.75, 3.05) is 23.7 Å². The molecule has 192 valence electrons. The first-order chi connectivity index (χ1) is 16.6. The molecule has 0 unspecified atom stereocenters. The molecule has 0 saturated heterocycles. The second-order valence-corrected chi connectivity index (χ2v) is 10.9. The van der Waals surface area contributed by atoms with Gasteiger partial charge in [0.25, 0.3) is 0 Å². The molecule has 35 heavy (non-hydrogen) atoms. The maximum Gasteiger partial charge on any atom is 0.242 e. The summed E-state index contributed by atoms with van der Waals surface area (Å²) in [4.78, 5) is 27.8. The highest BCUT2D eigenvalue weighted by Gasteiger charge is 2.28. The van der Waals surface area contributed by atoms with E-state index in [9.17, 15) is 18.0 Å². The first-order valence-corrected chi connectivity index (χ1v) is 14.2. The van der Waals surface area contributed by atoms with Gasteiger partial charge in [-0.3, -0.25) is 13.9 Å². The molecular formula is C26H36ClN3O4S. The molecule has 2 amide bonds. The smallest absolute Gasteiger partial charge is 0.242 e. The number of nitrogens with zero attached hydrogens (tertiary/aromatic N) is 2. The number of halogens is 1. The van der Waals surface area contributed by atoms with Crippen LogP contribution in [0.5, 0.6) is 0 Å². The van der Waals surface area contributed by atoms with E-state index in [-0.39, 0.29) is 31.3 Å². The van der Waals surface area contributed by atoms with E-state index in [1.807, 2.05) is 45.0 Å². The average Bonchev–Trinajstić information content (AvgIpc) is 2.81. The third kappa shape index (κ3) is 8.54. The number of carbonyl (C=O) groups is 2. The van der Waals surface area contributed by atoms with E-state index in [4.69, 9.17) is 11.6 Å². The molecule has 0 aromatic heterocycles. The Morgan fingerprint density at radius 3 is 2.29 bits per heavy atom. The number of anilines is 1. The van der Waals surface area contributed by atoms with Gasteiger partial charge in [-0.2, -0.15) is 0 Å². The fourth-order valence-electron chi connectivity index (χ4n) is 3.90. The first kappa shape index (κ1) is 28.7. The first-order valence-electron chi connectivity index (χ1n) is 11.9. The van der Waals surface area contributed by atoms with Crippen molar-refractivity contribution in [3.05, 3.63) is 64.7 Å². The van der Waals surface area contributed by atoms with E-state index in [0.29, 0.717) is 30.1 Å². The van der Waals surface area contributed by atoms with Gasteiger partial charge in [-0.1, -0.05) is 55.8 Å². The fraction of sp³-hybridized carbons (Fsp3) is 0.462. The number of nitrogens with one attached hydrogen (secondary N) is 1. The number of aryl methyl sites for hydroxylation is 1. The second kappa shape index (κ2) is 13.5. The molecule has 0 aliphatic rings. The highest BCUT2D eigenvalue weighted by molar-refractivity contribution is 7.92. The van der Waals surface area contributed by atoms with Gasteiger partial charge in [0.2, 0.25) is 21.8 Å². The number of hydrogen-bond donors (Lipinski definition) is 1. The Labute approximate surface area is 214 Å². The second-order valence-electron chi connectivity index (χ2n) is 8.59. The molecule has 0 spiro atoms. The van der Waals surface area contributed by atoms with Crippen LogP contribution in [0.4, 0.5) is 5.69 Å². The predicted octanol–water partition coefficient (Wildman–Crippen LogP) is 4.53. The Bertz CT molecular complexity index is 1090. The monoisotopic (exact) mass is 521 g/mol. The molecule has 1 N–H and O–H groups in total. The summed E-state index contributed by atoms with van der Waals surface area (Å²) >= 11 is 6.01. The van der Waals surface area contributed by atoms with Crippen LogP contribution in [0.15, 0.2) is 48.5 Å². The molecule has 0 aliphatic heterocycles. The van der Waals surface area contributed by atoms with E-state index in [0.717, 1.165) is 17.5 Å². The number of carbonyl (C=O) groups excluding carboxylic acids is 2. The summed E-state index contributed by atoms with van der Waals surface area (Å²) < 4.78 is 26.3. The van der Waals surface area contributed by atoms with Crippen LogP contribution in [-0.2, 0) is 26.2 Å². The van der Waals surface area contributed by atoms with Crippen molar-refractivity contribution in [1.82, 2.24) is 10.2 Å². The molecule has 0 heterocycles. The molecule has 9 heteroatoms. The minimum absolute atomic E-state index is 0.114. The van der Waals surface area contributed by atoms with E-state index >= 15 is 0 Å². The van der Waals surface area contributed by atoms with Gasteiger partial charge < -0.3 is 10.2 Å². The Morgan fingerprint density at radius 1 is 1.06 bits per heavy atom. The molecule has 0 fully saturated rings. The van der Waals surface area contributed by atoms with Crippen LogP contribution in [0, 0.1) is 6.92 Å². The van der Waals surface area contributed by atoms with Gasteiger partial charge in [-0.15, -0.1) is 0 Å². The number of amides is 2. The lowest BCUT2D eigenvalue weighted by molar-refractivity contribution is -0.141. The summed E-state index contributed by atoms with van der Waals surface area (Å²) in [6.45, 7) is 6.68. The summed E-state index contributed by atoms with van der Waals surface area (Å²) in [5.41, 5.74) is 2.31. The number of para-hydroxylation sites is 1. The van der Waals surface area contributed by atoms with Crippen LogP contribution in [0.1, 0.15) is 50.7 Å². The van der Waals surface area contributed by atoms with Crippen molar-refractivity contribution < 1.29 is 18.0 Å². The van der Waals surface area contributed by atoms with Gasteiger partial charge in [0.05, 0.1) is 11.9 Å². The molecule has 2 aromatic carbocycles. The normalized spacial score (nSPS) is 12.1. The van der Waals surface area contributed by atoms with E-state index in [2.05, 4.69) is 5.32 Å². The number of sulfonamides is 1. The predicted molar refractivity (Wildman–Crippen MR) is 142 cm³/mol. The van der Waals surface area contributed by atoms with Gasteiger partial charge in [-0.05, 0) is 55.5 Å². The van der Waals surface area contributed by atoms with Crippen LogP contribution in [-0.4, -0.2) is 50.5 Å². The summed E-state index contributed by atoms with van der Waals surface area (Å²) in [6.07, 6.45) is 2.87. The maximum absolute atomic E-state index is 13.4. The zero-order valence-electron chi connectivity index (χ0n) is 21.0. The van der Waals surface area contributed by atoms with E-state index in [1.54, 1.807) is 29.2 Å². The summed E-state index contributed by atoms with van der Waals surface area (Å²) in [5.74, 6) is -0.383. The van der Waals surface area contributed by atoms with Crippen molar-refractivity contribution in [2.45, 2.75) is 59.0 Å². The Hall–Kier alpha value is -2.58. The molecular weight excluding hydrogens is 486 g/mol. The summed E-state index contributed by atoms with van der Waals surface area (Å²) in [6, 6.07) is 13.8. The van der Waals surface area contributed by atoms with Crippen LogP contribution >= 0.6 is 11.6 Å². The molecule has 0 bridgehead atoms. The Balaban J connectivity index is 2.20. The number of hydrogen-bond acceptors (Lipinski definition) is 4. The van der Waals surface area contributed by atoms with Gasteiger partial charge in [0.1, 0.15) is 6.04 Å². The van der Waals surface area contributed by atoms with Gasteiger partial charge >= 0.3 is 0 Å². The third-order valence-corrected chi connectivity index (χ3v) is 7.17. The summed E-state index contributed by atoms with van der Waals surface area (Å²) in [7, 11) is -3.52. The largest absolute Gasteiger partial charge is 0.354 e. The van der Waals surface area contributed by atoms with E-state index in [1.165, 1.54) is 10.6 Å². The van der Waals surface area contributed by atoms with Crippen molar-refractivity contribution in [2.24, 2.45) is 0 Å². The zero-order chi connectivity index (χ0) is 26.0. The molecule has 0 radical (unpaired) electrons. The van der Waals surface area contributed by atoms with Crippen LogP contribution in [0.25, 0.3) is 0 Å². The molecule has 2 rings (SSSR count). The Kier molecular flexibility index (Phi) is 11.0. The topological polar surface area (TPSA) is 86.8 Å². The lowest BCUT2D eigenvalue weighted by Gasteiger charge is -2.31. The van der Waals surface area contributed by atoms with Crippen LogP contribution < -0.4 is 9.62 Å². The minimum atomic E-state index is -3.52. The standard InChI is InChI=1S/C26H36ClN3O4S/c1-5-17-28-26(32)23(6-2)29(19-21-13-15-22(27)16-14-21)25(31)12-9-18-30(35(4,33)34)24-11-8-7-10-20(24)3/h7-8,10-11,13-16,23H,5-6,9,12,17-19H2,1-4H3,(H,28,32)/t23-/m0/s1. The molecule has 0 aliphatic carbocycles. The van der Waals surface area contributed by atoms with Crippen LogP contribution in [0.3, 0.4) is 0 Å². The lowest BCUT2D eigenvalue weighted by Crippen LogP contribution is -2.49. The van der Waals surface area contributed by atoms with Crippen molar-refractivity contribution >= 4 is 39.1 Å². The Morgan fingerprint density at radius 2 is 1.71 bits per heavy atom. The lowest BCUT2D eigenvalue weighted by atomic mass is 10.1. The highest BCUT2D eigenvalue weighted by Crippen LogP contribution is 2.23. The SMILES string of the molecule is CCCNC(=O)[C@H](CC)N(Cc1ccc(Cl)cc1)C(=O)CCCN(c1ccccc1C)S(C)(=O)=O. The fourth-order valence-corrected chi connectivity index (χ4v) is 5.05. The molecule has 7 nitrogen and oxygen atoms in total. The van der Waals surface area contributed by atoms with Crippen molar-refractivity contribution in [1.29, 1.82) is 0 Å². The highest BCUT2D eigenvalue weighted by atomic mass is 35.5. The molecule has 0 saturated carbocycles.